The van der Waals surface area contributed by atoms with Gasteiger partial charge >= 0.3 is 0 Å². The number of thioether (sulfide) groups is 1. The van der Waals surface area contributed by atoms with Crippen molar-refractivity contribution in [1.29, 1.82) is 10.5 Å². The van der Waals surface area contributed by atoms with E-state index >= 15 is 0 Å². The molecule has 0 heterocycles. The van der Waals surface area contributed by atoms with Crippen LogP contribution in [0.3, 0.4) is 0 Å². The lowest BCUT2D eigenvalue weighted by Gasteiger charge is -2.11. The molecule has 0 bridgehead atoms. The van der Waals surface area contributed by atoms with Gasteiger partial charge in [-0.05, 0) is 30.3 Å². The molecule has 23 heavy (non-hydrogen) atoms. The van der Waals surface area contributed by atoms with E-state index in [2.05, 4.69) is 22.8 Å². The Morgan fingerprint density at radius 1 is 1.13 bits per heavy atom. The molecule has 2 aromatic carbocycles. The number of benzene rings is 2. The zero-order chi connectivity index (χ0) is 16.5. The highest BCUT2D eigenvalue weighted by Crippen LogP contribution is 2.26. The van der Waals surface area contributed by atoms with Crippen molar-refractivity contribution in [3.63, 3.8) is 0 Å². The zero-order valence-corrected chi connectivity index (χ0v) is 13.1. The van der Waals surface area contributed by atoms with E-state index in [1.54, 1.807) is 30.3 Å². The minimum atomic E-state index is -0.197. The first kappa shape index (κ1) is 16.4. The van der Waals surface area contributed by atoms with Crippen LogP contribution in [0.4, 0.5) is 11.4 Å². The lowest BCUT2D eigenvalue weighted by atomic mass is 10.2. The van der Waals surface area contributed by atoms with Gasteiger partial charge < -0.3 is 10.6 Å². The van der Waals surface area contributed by atoms with Crippen molar-refractivity contribution >= 4 is 29.0 Å². The highest BCUT2D eigenvalue weighted by atomic mass is 32.2. The molecule has 0 aromatic heterocycles. The molecule has 0 spiro atoms. The molecular formula is C17H14N4OS. The Morgan fingerprint density at radius 2 is 1.96 bits per heavy atom. The Bertz CT molecular complexity index is 777. The van der Waals surface area contributed by atoms with Crippen molar-refractivity contribution in [1.82, 2.24) is 0 Å². The number of nitriles is 2. The first-order valence-corrected chi connectivity index (χ1v) is 7.84. The smallest absolute Gasteiger partial charge is 0.243 e. The molecule has 0 saturated carbocycles. The molecular weight excluding hydrogens is 308 g/mol. The summed E-state index contributed by atoms with van der Waals surface area (Å²) in [6, 6.07) is 18.4. The van der Waals surface area contributed by atoms with Gasteiger partial charge in [-0.1, -0.05) is 18.2 Å². The standard InChI is InChI=1S/C17H14N4OS/c18-8-9-23-16-7-2-1-6-15(16)21-17(22)12-20-14-5-3-4-13(10-14)11-19/h1-7,10,20H,9,12H2,(H,21,22). The predicted molar refractivity (Wildman–Crippen MR) is 91.1 cm³/mol. The molecule has 2 aromatic rings. The molecule has 0 radical (unpaired) electrons. The summed E-state index contributed by atoms with van der Waals surface area (Å²) >= 11 is 1.38. The van der Waals surface area contributed by atoms with Gasteiger partial charge in [-0.25, -0.2) is 0 Å². The fourth-order valence-corrected chi connectivity index (χ4v) is 2.55. The second-order valence-electron chi connectivity index (χ2n) is 4.54. The summed E-state index contributed by atoms with van der Waals surface area (Å²) in [6.45, 7) is 0.0894. The highest BCUT2D eigenvalue weighted by Gasteiger charge is 2.07. The number of nitrogens with one attached hydrogen (secondary N) is 2. The average molecular weight is 322 g/mol. The maximum absolute atomic E-state index is 12.1. The van der Waals surface area contributed by atoms with Crippen molar-refractivity contribution in [2.45, 2.75) is 4.90 Å². The third-order valence-electron chi connectivity index (χ3n) is 2.90. The number of rotatable bonds is 6. The van der Waals surface area contributed by atoms with Crippen molar-refractivity contribution in [3.8, 4) is 12.1 Å². The third-order valence-corrected chi connectivity index (χ3v) is 3.84. The molecule has 0 aliphatic rings. The van der Waals surface area contributed by atoms with Gasteiger partial charge in [0, 0.05) is 10.6 Å². The summed E-state index contributed by atoms with van der Waals surface area (Å²) < 4.78 is 0. The first-order chi connectivity index (χ1) is 11.2. The fourth-order valence-electron chi connectivity index (χ4n) is 1.88. The molecule has 6 heteroatoms. The lowest BCUT2D eigenvalue weighted by Crippen LogP contribution is -2.22. The van der Waals surface area contributed by atoms with Crippen LogP contribution in [0.2, 0.25) is 0 Å². The number of hydrogen-bond donors (Lipinski definition) is 2. The van der Waals surface area contributed by atoms with Crippen LogP contribution in [-0.2, 0) is 4.79 Å². The molecule has 5 nitrogen and oxygen atoms in total. The van der Waals surface area contributed by atoms with E-state index < -0.39 is 0 Å². The summed E-state index contributed by atoms with van der Waals surface area (Å²) in [5.74, 6) is 0.129. The number of anilines is 2. The van der Waals surface area contributed by atoms with Crippen molar-refractivity contribution in [2.24, 2.45) is 0 Å². The largest absolute Gasteiger partial charge is 0.376 e. The molecule has 1 amide bonds. The maximum Gasteiger partial charge on any atom is 0.243 e. The summed E-state index contributed by atoms with van der Waals surface area (Å²) in [4.78, 5) is 12.9. The minimum absolute atomic E-state index is 0.0894. The van der Waals surface area contributed by atoms with E-state index in [4.69, 9.17) is 10.5 Å². The van der Waals surface area contributed by atoms with Crippen molar-refractivity contribution < 1.29 is 4.79 Å². The molecule has 0 saturated heterocycles. The van der Waals surface area contributed by atoms with Crippen LogP contribution in [0.15, 0.2) is 53.4 Å². The number of carbonyl (C=O) groups is 1. The summed E-state index contributed by atoms with van der Waals surface area (Å²) in [5.41, 5.74) is 1.94. The quantitative estimate of drug-likeness (QED) is 0.797. The summed E-state index contributed by atoms with van der Waals surface area (Å²) in [7, 11) is 0. The zero-order valence-electron chi connectivity index (χ0n) is 12.2. The number of carbonyl (C=O) groups excluding carboxylic acids is 1. The van der Waals surface area contributed by atoms with Gasteiger partial charge in [0.2, 0.25) is 5.91 Å². The van der Waals surface area contributed by atoms with E-state index in [1.165, 1.54) is 11.8 Å². The van der Waals surface area contributed by atoms with Crippen LogP contribution < -0.4 is 10.6 Å². The summed E-state index contributed by atoms with van der Waals surface area (Å²) in [6.07, 6.45) is 0. The van der Waals surface area contributed by atoms with Crippen molar-refractivity contribution in [3.05, 3.63) is 54.1 Å². The molecule has 0 atom stereocenters. The van der Waals surface area contributed by atoms with Crippen LogP contribution in [0.1, 0.15) is 5.56 Å². The van der Waals surface area contributed by atoms with Gasteiger partial charge in [0.1, 0.15) is 0 Å². The average Bonchev–Trinajstić information content (AvgIpc) is 2.59. The molecule has 2 rings (SSSR count). The minimum Gasteiger partial charge on any atom is -0.376 e. The van der Waals surface area contributed by atoms with Crippen LogP contribution in [0.5, 0.6) is 0 Å². The van der Waals surface area contributed by atoms with E-state index in [1.807, 2.05) is 18.2 Å². The number of para-hydroxylation sites is 1. The van der Waals surface area contributed by atoms with Gasteiger partial charge in [0.15, 0.2) is 0 Å². The van der Waals surface area contributed by atoms with Gasteiger partial charge in [-0.2, -0.15) is 10.5 Å². The molecule has 0 fully saturated rings. The van der Waals surface area contributed by atoms with Gasteiger partial charge in [0.05, 0.1) is 35.7 Å². The summed E-state index contributed by atoms with van der Waals surface area (Å²) in [5, 5.41) is 23.3. The van der Waals surface area contributed by atoms with Crippen LogP contribution >= 0.6 is 11.8 Å². The van der Waals surface area contributed by atoms with Gasteiger partial charge in [0.25, 0.3) is 0 Å². The van der Waals surface area contributed by atoms with E-state index in [9.17, 15) is 4.79 Å². The normalized spacial score (nSPS) is 9.48. The number of hydrogen-bond acceptors (Lipinski definition) is 5. The first-order valence-electron chi connectivity index (χ1n) is 6.85. The van der Waals surface area contributed by atoms with Crippen LogP contribution in [0.25, 0.3) is 0 Å². The van der Waals surface area contributed by atoms with Crippen LogP contribution in [-0.4, -0.2) is 18.2 Å². The van der Waals surface area contributed by atoms with Gasteiger partial charge in [-0.15, -0.1) is 11.8 Å². The second kappa shape index (κ2) is 8.47. The Kier molecular flexibility index (Phi) is 6.05. The Hall–Kier alpha value is -2.96. The topological polar surface area (TPSA) is 88.7 Å². The predicted octanol–water partition coefficient (Wildman–Crippen LogP) is 3.22. The molecule has 0 unspecified atom stereocenters. The Balaban J connectivity index is 1.95. The third kappa shape index (κ3) is 5.06. The molecule has 0 aliphatic carbocycles. The highest BCUT2D eigenvalue weighted by molar-refractivity contribution is 7.99. The van der Waals surface area contributed by atoms with Crippen molar-refractivity contribution in [2.75, 3.05) is 22.9 Å². The maximum atomic E-state index is 12.1. The lowest BCUT2D eigenvalue weighted by molar-refractivity contribution is -0.114. The molecule has 0 aliphatic heterocycles. The Labute approximate surface area is 138 Å². The molecule has 114 valence electrons. The van der Waals surface area contributed by atoms with E-state index in [-0.39, 0.29) is 12.5 Å². The Morgan fingerprint density at radius 3 is 2.74 bits per heavy atom. The second-order valence-corrected chi connectivity index (χ2v) is 5.55. The van der Waals surface area contributed by atoms with Crippen LogP contribution in [0, 0.1) is 22.7 Å². The molecule has 2 N–H and O–H groups in total. The SMILES string of the molecule is N#CCSc1ccccc1NC(=O)CNc1cccc(C#N)c1. The van der Waals surface area contributed by atoms with E-state index in [0.717, 1.165) is 4.90 Å². The number of nitrogens with zero attached hydrogens (tertiary/aromatic N) is 2. The van der Waals surface area contributed by atoms with Gasteiger partial charge in [-0.3, -0.25) is 4.79 Å². The number of amides is 1. The van der Waals surface area contributed by atoms with E-state index in [0.29, 0.717) is 22.7 Å². The monoisotopic (exact) mass is 322 g/mol. The fraction of sp³-hybridized carbons (Fsp3) is 0.118.